The zero-order valence-corrected chi connectivity index (χ0v) is 10.3. The fraction of sp³-hybridized carbons (Fsp3) is 1.00. The van der Waals surface area contributed by atoms with Crippen LogP contribution in [0.5, 0.6) is 0 Å². The Balaban J connectivity index is 4.10. The van der Waals surface area contributed by atoms with E-state index in [0.29, 0.717) is 10.4 Å². The smallest absolute Gasteiger partial charge is 0.316 e. The van der Waals surface area contributed by atoms with Crippen LogP contribution in [0.15, 0.2) is 0 Å². The minimum atomic E-state index is -4.89. The summed E-state index contributed by atoms with van der Waals surface area (Å²) in [5.74, 6) is 0. The molecule has 0 fully saturated rings. The van der Waals surface area contributed by atoms with Crippen LogP contribution in [-0.2, 0) is 13.4 Å². The fourth-order valence-electron chi connectivity index (χ4n) is 0.288. The lowest BCUT2D eigenvalue weighted by atomic mass is 10.6. The Hall–Kier alpha value is 1.000. The molecule has 0 saturated heterocycles. The fourth-order valence-corrected chi connectivity index (χ4v) is 6.89. The van der Waals surface area contributed by atoms with Crippen molar-refractivity contribution in [3.63, 3.8) is 0 Å². The summed E-state index contributed by atoms with van der Waals surface area (Å²) in [7, 11) is -3.45. The molecule has 0 amide bonds. The second kappa shape index (κ2) is 5.19. The molecule has 0 aliphatic carbocycles. The molecule has 0 aromatic heterocycles. The van der Waals surface area contributed by atoms with E-state index in [-0.39, 0.29) is 5.25 Å². The van der Waals surface area contributed by atoms with E-state index in [0.717, 1.165) is 10.8 Å². The summed E-state index contributed by atoms with van der Waals surface area (Å²) in [6.45, 7) is -0.705. The van der Waals surface area contributed by atoms with Crippen LogP contribution in [0.1, 0.15) is 13.8 Å². The third kappa shape index (κ3) is 9.31. The summed E-state index contributed by atoms with van der Waals surface area (Å²) in [5, 5.41) is 0.0610. The highest BCUT2D eigenvalue weighted by Crippen LogP contribution is 2.69. The lowest BCUT2D eigenvalue weighted by molar-refractivity contribution is 0.271. The van der Waals surface area contributed by atoms with Gasteiger partial charge in [0.25, 0.3) is 0 Å². The molecule has 13 heavy (non-hydrogen) atoms. The highest BCUT2D eigenvalue weighted by atomic mass is 33.3. The van der Waals surface area contributed by atoms with Crippen molar-refractivity contribution in [2.45, 2.75) is 19.1 Å². The van der Waals surface area contributed by atoms with Crippen LogP contribution >= 0.6 is 35.8 Å². The van der Waals surface area contributed by atoms with Gasteiger partial charge in [-0.1, -0.05) is 24.6 Å². The molecule has 0 radical (unpaired) electrons. The minimum Gasteiger partial charge on any atom is -0.316 e. The minimum absolute atomic E-state index is 0.0610. The summed E-state index contributed by atoms with van der Waals surface area (Å²) in [4.78, 5) is 25.4. The summed E-state index contributed by atoms with van der Waals surface area (Å²) in [5.41, 5.74) is 0. The van der Waals surface area contributed by atoms with Crippen LogP contribution in [0.2, 0.25) is 0 Å². The van der Waals surface area contributed by atoms with E-state index in [4.69, 9.17) is 14.7 Å². The third-order valence-electron chi connectivity index (χ3n) is 0.539. The van der Waals surface area contributed by atoms with Gasteiger partial charge in [0.1, 0.15) is 0 Å². The van der Waals surface area contributed by atoms with Gasteiger partial charge >= 0.3 is 14.6 Å². The second-order valence-electron chi connectivity index (χ2n) is 2.26. The van der Waals surface area contributed by atoms with E-state index < -0.39 is 14.6 Å². The van der Waals surface area contributed by atoms with E-state index in [1.54, 1.807) is 13.8 Å². The Morgan fingerprint density at radius 2 is 1.69 bits per heavy atom. The highest BCUT2D eigenvalue weighted by molar-refractivity contribution is 8.98. The van der Waals surface area contributed by atoms with Crippen LogP contribution in [-0.4, -0.2) is 19.9 Å². The van der Waals surface area contributed by atoms with Crippen molar-refractivity contribution in [2.75, 3.05) is 0 Å². The van der Waals surface area contributed by atoms with Gasteiger partial charge in [-0.15, -0.1) is 0 Å². The highest BCUT2D eigenvalue weighted by Gasteiger charge is 2.32. The van der Waals surface area contributed by atoms with Gasteiger partial charge in [-0.05, 0) is 0 Å². The van der Waals surface area contributed by atoms with Crippen molar-refractivity contribution in [3.8, 4) is 0 Å². The van der Waals surface area contributed by atoms with E-state index in [2.05, 4.69) is 4.31 Å². The van der Waals surface area contributed by atoms with E-state index in [1.807, 2.05) is 0 Å². The van der Waals surface area contributed by atoms with Gasteiger partial charge < -0.3 is 14.7 Å². The predicted octanol–water partition coefficient (Wildman–Crippen LogP) is 1.99. The van der Waals surface area contributed by atoms with Gasteiger partial charge in [-0.2, -0.15) is 4.31 Å². The molecular weight excluding hydrogens is 258 g/mol. The maximum absolute atomic E-state index is 10.9. The molecule has 10 heteroatoms. The molecule has 0 bridgehead atoms. The molecule has 0 heterocycles. The molecule has 0 aliphatic heterocycles. The molecule has 0 aliphatic rings. The molecule has 6 nitrogen and oxygen atoms in total. The number of hydrogen-bond donors (Lipinski definition) is 3. The number of hydrogen-bond acceptors (Lipinski definition) is 5. The van der Waals surface area contributed by atoms with E-state index in [1.165, 1.54) is 0 Å². The predicted molar refractivity (Wildman–Crippen MR) is 53.3 cm³/mol. The Labute approximate surface area is 83.4 Å². The Bertz CT molecular complexity index is 248. The van der Waals surface area contributed by atoms with Crippen molar-refractivity contribution in [1.82, 2.24) is 0 Å². The zero-order chi connectivity index (χ0) is 10.7. The quantitative estimate of drug-likeness (QED) is 0.513. The number of phosphoric acid groups is 1. The van der Waals surface area contributed by atoms with Gasteiger partial charge in [0.15, 0.2) is 0 Å². The molecule has 1 unspecified atom stereocenters. The molecule has 3 N–H and O–H groups in total. The standard InChI is InChI=1S/C3H10O6P2S2/c1-3(2)12-13-11(7,8)9-10(4,5)6/h3H,1-2H3,(H,7,8)(H2,4,5,6). The maximum Gasteiger partial charge on any atom is 0.477 e. The largest absolute Gasteiger partial charge is 0.477 e. The normalized spacial score (nSPS) is 17.4. The van der Waals surface area contributed by atoms with Crippen molar-refractivity contribution in [2.24, 2.45) is 0 Å². The summed E-state index contributed by atoms with van der Waals surface area (Å²) in [6.07, 6.45) is 0. The van der Waals surface area contributed by atoms with Crippen LogP contribution in [0, 0.1) is 0 Å². The van der Waals surface area contributed by atoms with Crippen molar-refractivity contribution in [3.05, 3.63) is 0 Å². The zero-order valence-electron chi connectivity index (χ0n) is 6.85. The molecule has 80 valence electrons. The van der Waals surface area contributed by atoms with E-state index >= 15 is 0 Å². The molecule has 0 aromatic rings. The van der Waals surface area contributed by atoms with Gasteiger partial charge in [0.2, 0.25) is 0 Å². The molecule has 0 saturated carbocycles. The summed E-state index contributed by atoms with van der Waals surface area (Å²) in [6, 6.07) is 0. The Kier molecular flexibility index (Phi) is 5.58. The monoisotopic (exact) mass is 268 g/mol. The SMILES string of the molecule is CC(C)SSP(=O)(O)OP(=O)(O)O. The van der Waals surface area contributed by atoms with Crippen molar-refractivity contribution < 1.29 is 28.1 Å². The van der Waals surface area contributed by atoms with Gasteiger partial charge in [-0.25, -0.2) is 9.13 Å². The van der Waals surface area contributed by atoms with E-state index in [9.17, 15) is 9.13 Å². The average Bonchev–Trinajstić information content (AvgIpc) is 1.78. The number of rotatable bonds is 5. The van der Waals surface area contributed by atoms with Gasteiger partial charge in [0, 0.05) is 15.7 Å². The maximum atomic E-state index is 10.9. The first-order valence-corrected chi connectivity index (χ1v) is 9.00. The molecular formula is C3H10O6P2S2. The van der Waals surface area contributed by atoms with Crippen LogP contribution in [0.3, 0.4) is 0 Å². The first-order chi connectivity index (χ1) is 5.62. The van der Waals surface area contributed by atoms with Crippen molar-refractivity contribution in [1.29, 1.82) is 0 Å². The molecule has 1 atom stereocenters. The lowest BCUT2D eigenvalue weighted by Gasteiger charge is -2.11. The molecule has 0 aromatic carbocycles. The van der Waals surface area contributed by atoms with Crippen LogP contribution in [0.25, 0.3) is 0 Å². The van der Waals surface area contributed by atoms with Gasteiger partial charge in [-0.3, -0.25) is 0 Å². The lowest BCUT2D eigenvalue weighted by Crippen LogP contribution is -1.85. The third-order valence-corrected chi connectivity index (χ3v) is 7.92. The summed E-state index contributed by atoms with van der Waals surface area (Å²) < 4.78 is 24.8. The van der Waals surface area contributed by atoms with Crippen molar-refractivity contribution >= 4 is 35.8 Å². The molecule has 0 spiro atoms. The van der Waals surface area contributed by atoms with Crippen LogP contribution in [0.4, 0.5) is 0 Å². The Morgan fingerprint density at radius 1 is 1.23 bits per heavy atom. The topological polar surface area (TPSA) is 104 Å². The summed E-state index contributed by atoms with van der Waals surface area (Å²) >= 11 is 0. The van der Waals surface area contributed by atoms with Gasteiger partial charge in [0.05, 0.1) is 0 Å². The van der Waals surface area contributed by atoms with Crippen LogP contribution < -0.4 is 0 Å². The second-order valence-corrected chi connectivity index (χ2v) is 9.87. The average molecular weight is 268 g/mol. The first kappa shape index (κ1) is 14.0. The molecule has 0 rings (SSSR count). The Morgan fingerprint density at radius 3 is 2.00 bits per heavy atom. The first-order valence-electron chi connectivity index (χ1n) is 3.07.